The van der Waals surface area contributed by atoms with Gasteiger partial charge in [0.2, 0.25) is 11.9 Å². The summed E-state index contributed by atoms with van der Waals surface area (Å²) in [5.41, 5.74) is 4.70. The van der Waals surface area contributed by atoms with Gasteiger partial charge in [-0.2, -0.15) is 29.9 Å². The Kier molecular flexibility index (Phi) is 33.3. The molecule has 0 spiro atoms. The van der Waals surface area contributed by atoms with Crippen LogP contribution in [0.4, 0.5) is 23.3 Å². The number of thioether (sulfide) groups is 4. The number of unbranched alkanes of at least 4 members (excludes halogenated alkanes) is 20. The van der Waals surface area contributed by atoms with Crippen molar-refractivity contribution < 1.29 is 10.2 Å². The standard InChI is InChI=1S/2C33H56N4OS2/c2*1-9-11-13-15-17-19-21-39-30-35-29(36-31(37-30)40-22-20-18-16-14-12-10-2)34-25-23-26(32(3,4)5)28(38)27(24-25)33(6,7)8/h2*23-24,38H,9-22H2,1-8H3,(H,34,35,36,37). The zero-order valence-corrected chi connectivity index (χ0v) is 56.6. The van der Waals surface area contributed by atoms with E-state index in [0.717, 1.165) is 77.3 Å². The lowest BCUT2D eigenvalue weighted by atomic mass is 9.79. The Morgan fingerprint density at radius 3 is 0.713 bits per heavy atom. The first kappa shape index (κ1) is 71.3. The second-order valence-electron chi connectivity index (χ2n) is 26.0. The SMILES string of the molecule is CCCCCCCCSc1nc(Nc2cc(C(C)(C)C)c(O)c(C(C)(C)C)c2)nc(SCCCCCCCC)n1.CCCCCCCCSc1nc(Nc2cc(C(C)(C)C)c(O)c(C(C)(C)C)c2)nc(SCCCCCCCC)n1. The number of anilines is 4. The average Bonchev–Trinajstić information content (AvgIpc) is 3.37. The number of nitrogens with one attached hydrogen (secondary N) is 2. The minimum atomic E-state index is -0.197. The van der Waals surface area contributed by atoms with E-state index in [0.29, 0.717) is 23.4 Å². The minimum absolute atomic E-state index is 0.197. The molecule has 0 saturated carbocycles. The van der Waals surface area contributed by atoms with E-state index in [1.165, 1.54) is 154 Å². The topological polar surface area (TPSA) is 142 Å². The fourth-order valence-electron chi connectivity index (χ4n) is 9.19. The summed E-state index contributed by atoms with van der Waals surface area (Å²) in [4.78, 5) is 28.9. The van der Waals surface area contributed by atoms with Gasteiger partial charge in [0.25, 0.3) is 0 Å². The molecule has 0 amide bonds. The van der Waals surface area contributed by atoms with Crippen molar-refractivity contribution >= 4 is 70.3 Å². The lowest BCUT2D eigenvalue weighted by Gasteiger charge is -2.28. The first-order chi connectivity index (χ1) is 37.9. The quantitative estimate of drug-likeness (QED) is 0.0195. The van der Waals surface area contributed by atoms with Gasteiger partial charge in [0, 0.05) is 56.6 Å². The number of rotatable bonds is 36. The molecule has 0 saturated heterocycles. The van der Waals surface area contributed by atoms with Gasteiger partial charge < -0.3 is 20.8 Å². The van der Waals surface area contributed by atoms with E-state index in [2.05, 4.69) is 121 Å². The number of aromatic nitrogens is 6. The zero-order chi connectivity index (χ0) is 59.2. The van der Waals surface area contributed by atoms with Gasteiger partial charge in [-0.25, -0.2) is 0 Å². The minimum Gasteiger partial charge on any atom is -0.507 e. The molecule has 0 bridgehead atoms. The number of nitrogens with zero attached hydrogens (tertiary/aromatic N) is 6. The van der Waals surface area contributed by atoms with E-state index in [4.69, 9.17) is 29.9 Å². The molecular formula is C66H112N8O2S4. The van der Waals surface area contributed by atoms with Crippen LogP contribution in [0.15, 0.2) is 44.9 Å². The molecule has 0 fully saturated rings. The highest BCUT2D eigenvalue weighted by molar-refractivity contribution is 8.00. The van der Waals surface area contributed by atoms with E-state index in [1.54, 1.807) is 47.0 Å². The molecule has 4 N–H and O–H groups in total. The highest BCUT2D eigenvalue weighted by Gasteiger charge is 2.29. The normalized spacial score (nSPS) is 12.2. The first-order valence-electron chi connectivity index (χ1n) is 31.2. The summed E-state index contributed by atoms with van der Waals surface area (Å²) >= 11 is 6.95. The number of benzene rings is 2. The van der Waals surface area contributed by atoms with Gasteiger partial charge in [0.15, 0.2) is 20.6 Å². The summed E-state index contributed by atoms with van der Waals surface area (Å²) in [7, 11) is 0. The van der Waals surface area contributed by atoms with Gasteiger partial charge in [-0.05, 0) is 71.6 Å². The number of phenolic OH excluding ortho intramolecular Hbond substituents is 2. The maximum Gasteiger partial charge on any atom is 0.232 e. The van der Waals surface area contributed by atoms with Crippen molar-refractivity contribution in [3.63, 3.8) is 0 Å². The first-order valence-corrected chi connectivity index (χ1v) is 35.2. The average molecular weight is 1180 g/mol. The molecule has 14 heteroatoms. The predicted molar refractivity (Wildman–Crippen MR) is 354 cm³/mol. The molecule has 0 aliphatic heterocycles. The van der Waals surface area contributed by atoms with Crippen molar-refractivity contribution in [1.82, 2.24) is 29.9 Å². The smallest absolute Gasteiger partial charge is 0.232 e. The molecule has 0 aliphatic carbocycles. The Morgan fingerprint density at radius 1 is 0.312 bits per heavy atom. The van der Waals surface area contributed by atoms with Gasteiger partial charge in [-0.3, -0.25) is 0 Å². The third-order valence-electron chi connectivity index (χ3n) is 14.1. The van der Waals surface area contributed by atoms with Crippen LogP contribution in [0.1, 0.15) is 287 Å². The van der Waals surface area contributed by atoms with Crippen LogP contribution in [-0.2, 0) is 21.7 Å². The van der Waals surface area contributed by atoms with Gasteiger partial charge in [-0.1, -0.05) is 286 Å². The molecular weight excluding hydrogens is 1070 g/mol. The largest absolute Gasteiger partial charge is 0.507 e. The second kappa shape index (κ2) is 37.4. The fraction of sp³-hybridized carbons (Fsp3) is 0.727. The molecule has 80 heavy (non-hydrogen) atoms. The Morgan fingerprint density at radius 2 is 0.512 bits per heavy atom. The Hall–Kier alpha value is -2.94. The monoisotopic (exact) mass is 1180 g/mol. The van der Waals surface area contributed by atoms with E-state index < -0.39 is 0 Å². The second-order valence-corrected chi connectivity index (χ2v) is 30.3. The number of hydrogen-bond acceptors (Lipinski definition) is 14. The lowest BCUT2D eigenvalue weighted by molar-refractivity contribution is 0.422. The highest BCUT2D eigenvalue weighted by Crippen LogP contribution is 2.43. The highest BCUT2D eigenvalue weighted by atomic mass is 32.2. The molecule has 2 heterocycles. The van der Waals surface area contributed by atoms with Crippen LogP contribution in [0.25, 0.3) is 0 Å². The van der Waals surface area contributed by atoms with E-state index in [9.17, 15) is 10.2 Å². The Labute approximate surface area is 506 Å². The van der Waals surface area contributed by atoms with Gasteiger partial charge in [-0.15, -0.1) is 0 Å². The van der Waals surface area contributed by atoms with Crippen molar-refractivity contribution in [3.05, 3.63) is 46.5 Å². The molecule has 4 rings (SSSR count). The maximum atomic E-state index is 11.1. The van der Waals surface area contributed by atoms with Crippen LogP contribution in [0, 0.1) is 0 Å². The summed E-state index contributed by atoms with van der Waals surface area (Å²) in [6.45, 7) is 34.7. The Balaban J connectivity index is 0.000000420. The van der Waals surface area contributed by atoms with Crippen molar-refractivity contribution in [2.75, 3.05) is 33.6 Å². The van der Waals surface area contributed by atoms with Crippen molar-refractivity contribution in [2.45, 2.75) is 307 Å². The van der Waals surface area contributed by atoms with Crippen LogP contribution in [0.3, 0.4) is 0 Å². The summed E-state index contributed by atoms with van der Waals surface area (Å²) in [6.07, 6.45) is 30.8. The number of aromatic hydroxyl groups is 2. The Bertz CT molecular complexity index is 2050. The van der Waals surface area contributed by atoms with Crippen molar-refractivity contribution in [2.24, 2.45) is 0 Å². The van der Waals surface area contributed by atoms with Gasteiger partial charge in [0.1, 0.15) is 11.5 Å². The van der Waals surface area contributed by atoms with E-state index >= 15 is 0 Å². The zero-order valence-electron chi connectivity index (χ0n) is 53.3. The van der Waals surface area contributed by atoms with Crippen LogP contribution < -0.4 is 10.6 Å². The molecule has 10 nitrogen and oxygen atoms in total. The summed E-state index contributed by atoms with van der Waals surface area (Å²) in [5.74, 6) is 6.03. The van der Waals surface area contributed by atoms with Crippen molar-refractivity contribution in [1.29, 1.82) is 0 Å². The molecule has 4 aromatic rings. The van der Waals surface area contributed by atoms with Crippen LogP contribution in [-0.4, -0.2) is 63.1 Å². The molecule has 0 unspecified atom stereocenters. The number of phenols is 2. The van der Waals surface area contributed by atoms with Crippen LogP contribution in [0.2, 0.25) is 0 Å². The molecule has 0 radical (unpaired) electrons. The molecule has 2 aromatic heterocycles. The molecule has 2 aromatic carbocycles. The number of hydrogen-bond donors (Lipinski definition) is 4. The van der Waals surface area contributed by atoms with Gasteiger partial charge >= 0.3 is 0 Å². The summed E-state index contributed by atoms with van der Waals surface area (Å²) in [6, 6.07) is 8.17. The van der Waals surface area contributed by atoms with E-state index in [1.807, 2.05) is 24.3 Å². The predicted octanol–water partition coefficient (Wildman–Crippen LogP) is 21.6. The van der Waals surface area contributed by atoms with Crippen molar-refractivity contribution in [3.8, 4) is 11.5 Å². The van der Waals surface area contributed by atoms with Crippen LogP contribution in [0.5, 0.6) is 11.5 Å². The maximum absolute atomic E-state index is 11.1. The van der Waals surface area contributed by atoms with Crippen LogP contribution >= 0.6 is 47.0 Å². The lowest BCUT2D eigenvalue weighted by Crippen LogP contribution is -2.18. The summed E-state index contributed by atoms with van der Waals surface area (Å²) < 4.78 is 0. The third kappa shape index (κ3) is 28.1. The fourth-order valence-corrected chi connectivity index (χ4v) is 12.6. The molecule has 452 valence electrons. The third-order valence-corrected chi connectivity index (χ3v) is 17.8. The summed E-state index contributed by atoms with van der Waals surface area (Å²) in [5, 5.41) is 32.4. The molecule has 0 atom stereocenters. The van der Waals surface area contributed by atoms with E-state index in [-0.39, 0.29) is 21.7 Å². The van der Waals surface area contributed by atoms with Gasteiger partial charge in [0.05, 0.1) is 0 Å². The molecule has 0 aliphatic rings.